The summed E-state index contributed by atoms with van der Waals surface area (Å²) in [7, 11) is 3.64. The van der Waals surface area contributed by atoms with Crippen LogP contribution in [0.5, 0.6) is 0 Å². The lowest BCUT2D eigenvalue weighted by molar-refractivity contribution is 0.0962. The Labute approximate surface area is 89.9 Å². The maximum absolute atomic E-state index is 11.6. The van der Waals surface area contributed by atoms with Crippen LogP contribution in [0.4, 0.5) is 0 Å². The number of benzene rings is 1. The molecule has 0 aliphatic heterocycles. The van der Waals surface area contributed by atoms with Gasteiger partial charge >= 0.3 is 0 Å². The molecular weight excluding hydrogens is 188 g/mol. The van der Waals surface area contributed by atoms with Crippen molar-refractivity contribution in [3.8, 4) is 0 Å². The maximum Gasteiger partial charge on any atom is 0.251 e. The topological polar surface area (TPSA) is 41.1 Å². The van der Waals surface area contributed by atoms with Gasteiger partial charge in [-0.1, -0.05) is 12.1 Å². The van der Waals surface area contributed by atoms with Crippen molar-refractivity contribution in [3.05, 3.63) is 34.9 Å². The van der Waals surface area contributed by atoms with E-state index in [2.05, 4.69) is 16.7 Å². The molecule has 0 spiro atoms. The Hall–Kier alpha value is -1.35. The Morgan fingerprint density at radius 3 is 2.87 bits per heavy atom. The van der Waals surface area contributed by atoms with Crippen molar-refractivity contribution in [1.82, 2.24) is 10.6 Å². The van der Waals surface area contributed by atoms with Crippen LogP contribution in [0.2, 0.25) is 0 Å². The molecule has 2 N–H and O–H groups in total. The van der Waals surface area contributed by atoms with E-state index in [0.29, 0.717) is 6.04 Å². The van der Waals surface area contributed by atoms with Gasteiger partial charge in [-0.2, -0.15) is 0 Å². The highest BCUT2D eigenvalue weighted by Gasteiger charge is 2.24. The van der Waals surface area contributed by atoms with Gasteiger partial charge in [0.2, 0.25) is 0 Å². The van der Waals surface area contributed by atoms with Gasteiger partial charge in [-0.05, 0) is 37.1 Å². The molecule has 3 nitrogen and oxygen atoms in total. The summed E-state index contributed by atoms with van der Waals surface area (Å²) in [6, 6.07) is 6.37. The SMILES string of the molecule is CNC(=O)c1cccc2c1CC[C@@H]2NC. The van der Waals surface area contributed by atoms with Crippen molar-refractivity contribution in [2.24, 2.45) is 0 Å². The van der Waals surface area contributed by atoms with E-state index in [1.807, 2.05) is 19.2 Å². The summed E-state index contributed by atoms with van der Waals surface area (Å²) in [6.45, 7) is 0. The van der Waals surface area contributed by atoms with E-state index in [0.717, 1.165) is 18.4 Å². The third kappa shape index (κ3) is 1.63. The van der Waals surface area contributed by atoms with Crippen molar-refractivity contribution in [3.63, 3.8) is 0 Å². The van der Waals surface area contributed by atoms with E-state index in [1.165, 1.54) is 11.1 Å². The fourth-order valence-electron chi connectivity index (χ4n) is 2.30. The third-order valence-corrected chi connectivity index (χ3v) is 3.09. The molecule has 1 aromatic carbocycles. The largest absolute Gasteiger partial charge is 0.355 e. The Bertz CT molecular complexity index is 387. The van der Waals surface area contributed by atoms with Crippen LogP contribution < -0.4 is 10.6 Å². The molecule has 0 saturated carbocycles. The summed E-state index contributed by atoms with van der Waals surface area (Å²) in [5.74, 6) is 0.0172. The average Bonchev–Trinajstić information content (AvgIpc) is 2.70. The highest BCUT2D eigenvalue weighted by molar-refractivity contribution is 5.96. The minimum Gasteiger partial charge on any atom is -0.355 e. The Morgan fingerprint density at radius 2 is 2.20 bits per heavy atom. The summed E-state index contributed by atoms with van der Waals surface area (Å²) in [6.07, 6.45) is 2.07. The summed E-state index contributed by atoms with van der Waals surface area (Å²) >= 11 is 0. The predicted molar refractivity (Wildman–Crippen MR) is 60.0 cm³/mol. The van der Waals surface area contributed by atoms with Crippen LogP contribution in [0.3, 0.4) is 0 Å². The van der Waals surface area contributed by atoms with Crippen LogP contribution >= 0.6 is 0 Å². The predicted octanol–water partition coefficient (Wildman–Crippen LogP) is 1.25. The van der Waals surface area contributed by atoms with Gasteiger partial charge in [-0.15, -0.1) is 0 Å². The van der Waals surface area contributed by atoms with Gasteiger partial charge in [0.15, 0.2) is 0 Å². The van der Waals surface area contributed by atoms with E-state index < -0.39 is 0 Å². The van der Waals surface area contributed by atoms with Crippen LogP contribution in [-0.4, -0.2) is 20.0 Å². The monoisotopic (exact) mass is 204 g/mol. The van der Waals surface area contributed by atoms with Gasteiger partial charge in [-0.25, -0.2) is 0 Å². The van der Waals surface area contributed by atoms with Crippen molar-refractivity contribution in [2.45, 2.75) is 18.9 Å². The molecule has 1 amide bonds. The van der Waals surface area contributed by atoms with Crippen molar-refractivity contribution in [1.29, 1.82) is 0 Å². The minimum absolute atomic E-state index is 0.0172. The Balaban J connectivity index is 2.44. The Morgan fingerprint density at radius 1 is 1.40 bits per heavy atom. The van der Waals surface area contributed by atoms with Crippen molar-refractivity contribution < 1.29 is 4.79 Å². The molecule has 1 aromatic rings. The second kappa shape index (κ2) is 4.03. The fraction of sp³-hybridized carbons (Fsp3) is 0.417. The molecule has 80 valence electrons. The molecule has 0 fully saturated rings. The number of hydrogen-bond donors (Lipinski definition) is 2. The smallest absolute Gasteiger partial charge is 0.251 e. The van der Waals surface area contributed by atoms with E-state index in [1.54, 1.807) is 7.05 Å². The zero-order valence-corrected chi connectivity index (χ0v) is 9.13. The van der Waals surface area contributed by atoms with Crippen LogP contribution in [0.15, 0.2) is 18.2 Å². The molecule has 15 heavy (non-hydrogen) atoms. The zero-order valence-electron chi connectivity index (χ0n) is 9.13. The summed E-state index contributed by atoms with van der Waals surface area (Å²) in [5, 5.41) is 5.96. The molecule has 3 heteroatoms. The summed E-state index contributed by atoms with van der Waals surface area (Å²) in [4.78, 5) is 11.6. The van der Waals surface area contributed by atoms with Crippen LogP contribution in [-0.2, 0) is 6.42 Å². The van der Waals surface area contributed by atoms with E-state index >= 15 is 0 Å². The normalized spacial score (nSPS) is 18.7. The first-order valence-corrected chi connectivity index (χ1v) is 5.29. The number of nitrogens with one attached hydrogen (secondary N) is 2. The first-order valence-electron chi connectivity index (χ1n) is 5.29. The Kier molecular flexibility index (Phi) is 2.73. The molecule has 1 atom stereocenters. The highest BCUT2D eigenvalue weighted by Crippen LogP contribution is 2.32. The van der Waals surface area contributed by atoms with Gasteiger partial charge in [0.25, 0.3) is 5.91 Å². The second-order valence-electron chi connectivity index (χ2n) is 3.83. The number of amides is 1. The highest BCUT2D eigenvalue weighted by atomic mass is 16.1. The summed E-state index contributed by atoms with van der Waals surface area (Å²) < 4.78 is 0. The first kappa shape index (κ1) is 10.2. The van der Waals surface area contributed by atoms with Crippen molar-refractivity contribution in [2.75, 3.05) is 14.1 Å². The zero-order chi connectivity index (χ0) is 10.8. The number of hydrogen-bond acceptors (Lipinski definition) is 2. The van der Waals surface area contributed by atoms with Gasteiger partial charge < -0.3 is 10.6 Å². The maximum atomic E-state index is 11.6. The lowest BCUT2D eigenvalue weighted by Gasteiger charge is -2.11. The molecule has 0 saturated heterocycles. The molecule has 2 rings (SSSR count). The lowest BCUT2D eigenvalue weighted by Crippen LogP contribution is -2.20. The number of fused-ring (bicyclic) bond motifs is 1. The quantitative estimate of drug-likeness (QED) is 0.761. The fourth-order valence-corrected chi connectivity index (χ4v) is 2.30. The van der Waals surface area contributed by atoms with Gasteiger partial charge in [0.1, 0.15) is 0 Å². The van der Waals surface area contributed by atoms with E-state index in [-0.39, 0.29) is 5.91 Å². The molecule has 0 bridgehead atoms. The molecule has 0 unspecified atom stereocenters. The molecule has 0 radical (unpaired) electrons. The molecular formula is C12H16N2O. The molecule has 0 heterocycles. The third-order valence-electron chi connectivity index (χ3n) is 3.09. The van der Waals surface area contributed by atoms with E-state index in [4.69, 9.17) is 0 Å². The lowest BCUT2D eigenvalue weighted by atomic mass is 10.0. The second-order valence-corrected chi connectivity index (χ2v) is 3.83. The van der Waals surface area contributed by atoms with Crippen molar-refractivity contribution >= 4 is 5.91 Å². The standard InChI is InChI=1S/C12H16N2O/c1-13-11-7-6-8-9(11)4-3-5-10(8)12(15)14-2/h3-5,11,13H,6-7H2,1-2H3,(H,14,15)/t11-/m0/s1. The van der Waals surface area contributed by atoms with Gasteiger partial charge in [-0.3, -0.25) is 4.79 Å². The number of rotatable bonds is 2. The number of carbonyl (C=O) groups excluding carboxylic acids is 1. The van der Waals surface area contributed by atoms with Gasteiger partial charge in [0, 0.05) is 18.7 Å². The minimum atomic E-state index is 0.0172. The van der Waals surface area contributed by atoms with Crippen LogP contribution in [0, 0.1) is 0 Å². The molecule has 1 aliphatic rings. The molecule has 1 aliphatic carbocycles. The van der Waals surface area contributed by atoms with Gasteiger partial charge in [0.05, 0.1) is 0 Å². The average molecular weight is 204 g/mol. The number of carbonyl (C=O) groups is 1. The van der Waals surface area contributed by atoms with Crippen LogP contribution in [0.25, 0.3) is 0 Å². The molecule has 0 aromatic heterocycles. The summed E-state index contributed by atoms with van der Waals surface area (Å²) in [5.41, 5.74) is 3.31. The van der Waals surface area contributed by atoms with E-state index in [9.17, 15) is 4.79 Å². The van der Waals surface area contributed by atoms with Crippen LogP contribution in [0.1, 0.15) is 33.9 Å². The first-order chi connectivity index (χ1) is 7.27.